The maximum absolute atomic E-state index is 16.2. The van der Waals surface area contributed by atoms with E-state index in [1.807, 2.05) is 0 Å². The molecule has 100 heavy (non-hydrogen) atoms. The van der Waals surface area contributed by atoms with Gasteiger partial charge in [0.25, 0.3) is 5.56 Å². The third-order valence-electron chi connectivity index (χ3n) is 16.8. The lowest BCUT2D eigenvalue weighted by atomic mass is 9.81. The second kappa shape index (κ2) is 42.1. The summed E-state index contributed by atoms with van der Waals surface area (Å²) in [6.45, 7) is 14.5. The molecule has 3 aliphatic rings. The minimum absolute atomic E-state index is 0.0139. The van der Waals surface area contributed by atoms with Gasteiger partial charge in [0, 0.05) is 70.8 Å². The second-order valence-electron chi connectivity index (χ2n) is 23.9. The van der Waals surface area contributed by atoms with E-state index in [0.29, 0.717) is 189 Å². The van der Waals surface area contributed by atoms with E-state index in [4.69, 9.17) is 73.1 Å². The Labute approximate surface area is 577 Å². The number of anilines is 1. The molecule has 0 spiro atoms. The maximum atomic E-state index is 16.2. The van der Waals surface area contributed by atoms with Crippen LogP contribution in [0.5, 0.6) is 0 Å². The van der Waals surface area contributed by atoms with Crippen LogP contribution in [0.4, 0.5) is 23.7 Å². The first-order valence-electron chi connectivity index (χ1n) is 33.7. The zero-order valence-electron chi connectivity index (χ0n) is 57.2. The molecule has 5 amide bonds. The number of carbonyl (C=O) groups is 5. The van der Waals surface area contributed by atoms with Crippen molar-refractivity contribution < 1.29 is 99.1 Å². The van der Waals surface area contributed by atoms with Crippen molar-refractivity contribution in [3.8, 4) is 11.4 Å². The van der Waals surface area contributed by atoms with Crippen LogP contribution < -0.4 is 37.9 Å². The van der Waals surface area contributed by atoms with Gasteiger partial charge in [-0.1, -0.05) is 25.9 Å². The van der Waals surface area contributed by atoms with Crippen molar-refractivity contribution in [1.29, 1.82) is 0 Å². The summed E-state index contributed by atoms with van der Waals surface area (Å²) in [6, 6.07) is 0.894. The van der Waals surface area contributed by atoms with Gasteiger partial charge in [-0.05, 0) is 85.4 Å². The highest BCUT2D eigenvalue weighted by molar-refractivity contribution is 5.99. The Bertz CT molecular complexity index is 3450. The van der Waals surface area contributed by atoms with E-state index in [0.717, 1.165) is 12.1 Å². The first-order valence-corrected chi connectivity index (χ1v) is 33.7. The van der Waals surface area contributed by atoms with Gasteiger partial charge in [-0.25, -0.2) is 27.7 Å². The number of halogens is 3. The Balaban J connectivity index is 0.763. The largest absolute Gasteiger partial charge is 0.458 e. The molecular formula is C67H94F3N11O19. The van der Waals surface area contributed by atoms with Crippen molar-refractivity contribution in [2.75, 3.05) is 164 Å². The summed E-state index contributed by atoms with van der Waals surface area (Å²) in [5, 5.41) is 29.0. The number of aliphatic hydroxyl groups is 1. The predicted octanol–water partition coefficient (Wildman–Crippen LogP) is 4.48. The standard InChI is InChI=1S/C67H94F3N11O19/c1-5-67(88)49-37-56-61-47(40-81(56)64(85)48(49)41-100-65(67)86)59-53(9-8-45-43(4)50(68)38-55(77-61)58(45)59)74-39-46-51(69)35-44(36-52(46)70)76-62(83)54(7-6-11-73-66(71)87)78-63(84)60(42(2)3)79-57(82)10-13-89-15-17-91-19-21-93-23-25-95-27-29-97-31-33-99-34-32-98-30-28-96-26-24-94-22-20-92-18-16-90-14-12-75-80-72/h35-38,42,53-54,60,74,88H,5-34,39-41H2,1-4H3,(H,76,83)(H,78,84)(H,79,82)(H3,71,73,87)/t53-,54-,60-,67-/m0/s1. The molecule has 0 fully saturated rings. The Morgan fingerprint density at radius 3 is 1.78 bits per heavy atom. The van der Waals surface area contributed by atoms with Crippen LogP contribution in [-0.4, -0.2) is 215 Å². The highest BCUT2D eigenvalue weighted by atomic mass is 19.1. The summed E-state index contributed by atoms with van der Waals surface area (Å²) in [7, 11) is 0. The molecule has 4 atom stereocenters. The number of primary amides is 1. The highest BCUT2D eigenvalue weighted by Crippen LogP contribution is 2.46. The van der Waals surface area contributed by atoms with E-state index in [1.165, 1.54) is 10.6 Å². The molecule has 1 aliphatic carbocycles. The molecular weight excluding hydrogens is 1320 g/mol. The minimum atomic E-state index is -2.08. The molecule has 0 unspecified atom stereocenters. The fourth-order valence-corrected chi connectivity index (χ4v) is 11.5. The lowest BCUT2D eigenvalue weighted by Gasteiger charge is -2.31. The minimum Gasteiger partial charge on any atom is -0.458 e. The van der Waals surface area contributed by atoms with Gasteiger partial charge in [-0.15, -0.1) is 0 Å². The van der Waals surface area contributed by atoms with Crippen molar-refractivity contribution in [2.24, 2.45) is 16.8 Å². The van der Waals surface area contributed by atoms with E-state index >= 15 is 13.2 Å². The number of esters is 1. The molecule has 0 saturated heterocycles. The predicted molar refractivity (Wildman–Crippen MR) is 355 cm³/mol. The van der Waals surface area contributed by atoms with Gasteiger partial charge >= 0.3 is 12.0 Å². The number of ether oxygens (including phenoxy) is 12. The van der Waals surface area contributed by atoms with E-state index in [2.05, 4.69) is 36.6 Å². The van der Waals surface area contributed by atoms with Crippen molar-refractivity contribution in [2.45, 2.75) is 110 Å². The summed E-state index contributed by atoms with van der Waals surface area (Å²) in [5.74, 6) is -5.93. The molecule has 2 aliphatic heterocycles. The van der Waals surface area contributed by atoms with Crippen molar-refractivity contribution in [1.82, 2.24) is 30.8 Å². The quantitative estimate of drug-likeness (QED) is 0.00927. The summed E-state index contributed by atoms with van der Waals surface area (Å²) in [4.78, 5) is 86.8. The number of cyclic esters (lactones) is 1. The van der Waals surface area contributed by atoms with Gasteiger partial charge < -0.3 is 98.8 Å². The number of carbonyl (C=O) groups excluding carboxylic acids is 5. The number of rotatable bonds is 50. The van der Waals surface area contributed by atoms with Crippen LogP contribution in [-0.2, 0) is 108 Å². The van der Waals surface area contributed by atoms with Crippen LogP contribution in [0.25, 0.3) is 32.7 Å². The molecule has 7 rings (SSSR count). The lowest BCUT2D eigenvalue weighted by molar-refractivity contribution is -0.172. The Hall–Kier alpha value is -7.47. The number of nitrogens with one attached hydrogen (secondary N) is 5. The fourth-order valence-electron chi connectivity index (χ4n) is 11.5. The first kappa shape index (κ1) is 79.8. The van der Waals surface area contributed by atoms with E-state index in [9.17, 15) is 33.9 Å². The molecule has 4 aromatic rings. The SMILES string of the molecule is CC[C@@]1(O)C(=O)OCc2c1cc1n(c2=O)Cc2c-1nc1cc(F)c(C)c3c1c2[C@@H](NCc1c(F)cc(NC(=O)[C@H](CCCNC(N)=O)NC(=O)[C@@H](NC(=O)CCOCCOCCOCCOCCOCCOCCOCCOCCOCCOCCOCCN=[N+]=[N-])C(C)C)cc1F)CC3. The summed E-state index contributed by atoms with van der Waals surface area (Å²) >= 11 is 0. The van der Waals surface area contributed by atoms with E-state index in [-0.39, 0.29) is 94.1 Å². The van der Waals surface area contributed by atoms with Crippen LogP contribution >= 0.6 is 0 Å². The van der Waals surface area contributed by atoms with Crippen LogP contribution in [0.3, 0.4) is 0 Å². The Kier molecular flexibility index (Phi) is 33.6. The highest BCUT2D eigenvalue weighted by Gasteiger charge is 2.46. The number of azide groups is 1. The summed E-state index contributed by atoms with van der Waals surface area (Å²) in [5.41, 5.74) is 13.8. The second-order valence-corrected chi connectivity index (χ2v) is 23.9. The van der Waals surface area contributed by atoms with Gasteiger partial charge in [0.05, 0.1) is 174 Å². The van der Waals surface area contributed by atoms with Crippen LogP contribution in [0, 0.1) is 30.3 Å². The van der Waals surface area contributed by atoms with Crippen LogP contribution in [0.15, 0.2) is 34.2 Å². The van der Waals surface area contributed by atoms with Crippen molar-refractivity contribution in [3.05, 3.63) is 101 Å². The molecule has 0 bridgehead atoms. The number of hydrogen-bond donors (Lipinski definition) is 7. The normalized spacial score (nSPS) is 15.8. The van der Waals surface area contributed by atoms with Gasteiger partial charge in [0.1, 0.15) is 36.1 Å². The van der Waals surface area contributed by atoms with Crippen molar-refractivity contribution in [3.63, 3.8) is 0 Å². The van der Waals surface area contributed by atoms with Gasteiger partial charge in [-0.2, -0.15) is 0 Å². The molecule has 552 valence electrons. The number of benzene rings is 2. The topological polar surface area (TPSA) is 386 Å². The maximum Gasteiger partial charge on any atom is 0.343 e. The number of nitrogens with zero attached hydrogens (tertiary/aromatic N) is 5. The number of urea groups is 1. The zero-order chi connectivity index (χ0) is 71.8. The summed E-state index contributed by atoms with van der Waals surface area (Å²) < 4.78 is 115. The van der Waals surface area contributed by atoms with Crippen LogP contribution in [0.2, 0.25) is 0 Å². The smallest absolute Gasteiger partial charge is 0.343 e. The molecule has 33 heteroatoms. The van der Waals surface area contributed by atoms with E-state index in [1.54, 1.807) is 33.8 Å². The average Bonchev–Trinajstić information content (AvgIpc) is 1.48. The number of fused-ring (bicyclic) bond motifs is 5. The van der Waals surface area contributed by atoms with Crippen LogP contribution in [0.1, 0.15) is 97.9 Å². The number of pyridine rings is 2. The molecule has 0 radical (unpaired) electrons. The number of amides is 5. The number of aryl methyl sites for hydroxylation is 1. The molecule has 2 aromatic carbocycles. The monoisotopic (exact) mass is 1410 g/mol. The average molecular weight is 1410 g/mol. The lowest BCUT2D eigenvalue weighted by Crippen LogP contribution is -2.54. The van der Waals surface area contributed by atoms with Gasteiger partial charge in [0.15, 0.2) is 5.60 Å². The molecule has 0 saturated carbocycles. The third kappa shape index (κ3) is 23.6. The first-order chi connectivity index (χ1) is 48.4. The summed E-state index contributed by atoms with van der Waals surface area (Å²) in [6.07, 6.45) is 0.653. The zero-order valence-corrected chi connectivity index (χ0v) is 57.2. The van der Waals surface area contributed by atoms with Crippen molar-refractivity contribution >= 4 is 46.3 Å². The fraction of sp³-hybridized carbons (Fsp3) is 0.627. The number of aromatic nitrogens is 2. The number of hydrogen-bond acceptors (Lipinski definition) is 22. The third-order valence-corrected chi connectivity index (χ3v) is 16.8. The molecule has 4 heterocycles. The molecule has 30 nitrogen and oxygen atoms in total. The van der Waals surface area contributed by atoms with Gasteiger partial charge in [-0.3, -0.25) is 19.2 Å². The molecule has 8 N–H and O–H groups in total. The van der Waals surface area contributed by atoms with Gasteiger partial charge in [0.2, 0.25) is 17.7 Å². The Morgan fingerprint density at radius 2 is 1.27 bits per heavy atom. The van der Waals surface area contributed by atoms with E-state index < -0.39 is 82.4 Å². The Morgan fingerprint density at radius 1 is 0.740 bits per heavy atom. The number of nitrogens with two attached hydrogens (primary N) is 1. The molecule has 2 aromatic heterocycles.